The molecule has 0 saturated heterocycles. The summed E-state index contributed by atoms with van der Waals surface area (Å²) >= 11 is 0. The fourth-order valence-electron chi connectivity index (χ4n) is 2.00. The Kier molecular flexibility index (Phi) is 3.78. The highest BCUT2D eigenvalue weighted by Crippen LogP contribution is 2.28. The lowest BCUT2D eigenvalue weighted by atomic mass is 9.81. The minimum atomic E-state index is -3.71. The highest BCUT2D eigenvalue weighted by Gasteiger charge is 2.36. The molecule has 1 aliphatic rings. The van der Waals surface area contributed by atoms with Crippen molar-refractivity contribution in [3.63, 3.8) is 0 Å². The van der Waals surface area contributed by atoms with E-state index in [2.05, 4.69) is 4.72 Å². The predicted molar refractivity (Wildman–Crippen MR) is 69.4 cm³/mol. The number of primary amides is 1. The van der Waals surface area contributed by atoms with Gasteiger partial charge >= 0.3 is 5.97 Å². The number of nitrogens with two attached hydrogens (primary N) is 1. The number of amides is 1. The third-order valence-corrected chi connectivity index (χ3v) is 4.79. The summed E-state index contributed by atoms with van der Waals surface area (Å²) < 4.78 is 26.5. The Morgan fingerprint density at radius 1 is 1.20 bits per heavy atom. The molecule has 0 aromatic heterocycles. The van der Waals surface area contributed by atoms with Crippen molar-refractivity contribution >= 4 is 21.9 Å². The second kappa shape index (κ2) is 5.22. The summed E-state index contributed by atoms with van der Waals surface area (Å²) in [6.45, 7) is 0. The maximum Gasteiger partial charge on any atom is 0.306 e. The van der Waals surface area contributed by atoms with Crippen LogP contribution >= 0.6 is 0 Å². The number of hydrogen-bond donors (Lipinski definition) is 3. The Bertz CT molecular complexity index is 632. The number of sulfonamides is 1. The van der Waals surface area contributed by atoms with Crippen LogP contribution in [0.4, 0.5) is 0 Å². The first-order valence-corrected chi connectivity index (χ1v) is 7.43. The third-order valence-electron chi connectivity index (χ3n) is 3.26. The molecule has 0 radical (unpaired) electrons. The lowest BCUT2D eigenvalue weighted by molar-refractivity contribution is -0.145. The molecule has 1 aliphatic carbocycles. The first-order chi connectivity index (χ1) is 9.29. The van der Waals surface area contributed by atoms with Crippen LogP contribution in [0.25, 0.3) is 0 Å². The minimum Gasteiger partial charge on any atom is -0.481 e. The molecule has 0 aliphatic heterocycles. The molecule has 0 bridgehead atoms. The number of carbonyl (C=O) groups is 2. The van der Waals surface area contributed by atoms with Gasteiger partial charge in [-0.3, -0.25) is 9.59 Å². The van der Waals surface area contributed by atoms with Crippen molar-refractivity contribution in [1.82, 2.24) is 4.72 Å². The standard InChI is InChI=1S/C12H14N2O5S/c13-11(15)7-1-3-10(4-2-7)20(18,19)14-9-5-8(6-9)12(16)17/h1-4,8-9,14H,5-6H2,(H2,13,15)(H,16,17). The highest BCUT2D eigenvalue weighted by atomic mass is 32.2. The summed E-state index contributed by atoms with van der Waals surface area (Å²) in [7, 11) is -3.71. The van der Waals surface area contributed by atoms with E-state index in [1.54, 1.807) is 0 Å². The Morgan fingerprint density at radius 2 is 1.75 bits per heavy atom. The van der Waals surface area contributed by atoms with Crippen LogP contribution in [0.5, 0.6) is 0 Å². The lowest BCUT2D eigenvalue weighted by Crippen LogP contribution is -2.46. The van der Waals surface area contributed by atoms with Gasteiger partial charge in [0.25, 0.3) is 0 Å². The van der Waals surface area contributed by atoms with Crippen molar-refractivity contribution in [3.05, 3.63) is 29.8 Å². The normalized spacial score (nSPS) is 22.0. The number of carbonyl (C=O) groups excluding carboxylic acids is 1. The van der Waals surface area contributed by atoms with Gasteiger partial charge in [-0.05, 0) is 37.1 Å². The zero-order chi connectivity index (χ0) is 14.9. The van der Waals surface area contributed by atoms with Gasteiger partial charge < -0.3 is 10.8 Å². The molecule has 4 N–H and O–H groups in total. The van der Waals surface area contributed by atoms with E-state index in [9.17, 15) is 18.0 Å². The highest BCUT2D eigenvalue weighted by molar-refractivity contribution is 7.89. The SMILES string of the molecule is NC(=O)c1ccc(S(=O)(=O)NC2CC(C(=O)O)C2)cc1. The van der Waals surface area contributed by atoms with Crippen molar-refractivity contribution in [2.45, 2.75) is 23.8 Å². The van der Waals surface area contributed by atoms with Crippen LogP contribution in [0, 0.1) is 5.92 Å². The summed E-state index contributed by atoms with van der Waals surface area (Å²) in [5, 5.41) is 8.73. The first-order valence-electron chi connectivity index (χ1n) is 5.94. The molecule has 2 rings (SSSR count). The van der Waals surface area contributed by atoms with Crippen molar-refractivity contribution in [2.75, 3.05) is 0 Å². The van der Waals surface area contributed by atoms with Crippen LogP contribution < -0.4 is 10.5 Å². The lowest BCUT2D eigenvalue weighted by Gasteiger charge is -2.32. The minimum absolute atomic E-state index is 0.0151. The zero-order valence-corrected chi connectivity index (χ0v) is 11.3. The Labute approximate surface area is 115 Å². The maximum atomic E-state index is 12.0. The van der Waals surface area contributed by atoms with Crippen LogP contribution in [0.3, 0.4) is 0 Å². The number of carboxylic acids is 1. The second-order valence-corrected chi connectivity index (χ2v) is 6.43. The number of benzene rings is 1. The van der Waals surface area contributed by atoms with E-state index in [1.807, 2.05) is 0 Å². The molecule has 0 spiro atoms. The Morgan fingerprint density at radius 3 is 2.20 bits per heavy atom. The van der Waals surface area contributed by atoms with Crippen molar-refractivity contribution in [2.24, 2.45) is 11.7 Å². The quantitative estimate of drug-likeness (QED) is 0.701. The molecule has 1 fully saturated rings. The van der Waals surface area contributed by atoms with E-state index in [0.717, 1.165) is 0 Å². The molecule has 20 heavy (non-hydrogen) atoms. The second-order valence-electron chi connectivity index (χ2n) is 4.71. The number of nitrogens with one attached hydrogen (secondary N) is 1. The van der Waals surface area contributed by atoms with E-state index in [1.165, 1.54) is 24.3 Å². The average Bonchev–Trinajstić information content (AvgIpc) is 2.33. The zero-order valence-electron chi connectivity index (χ0n) is 10.4. The molecule has 0 heterocycles. The molecule has 1 aromatic rings. The largest absolute Gasteiger partial charge is 0.481 e. The summed E-state index contributed by atoms with van der Waals surface area (Å²) in [6.07, 6.45) is 0.571. The van der Waals surface area contributed by atoms with Crippen molar-refractivity contribution in [3.8, 4) is 0 Å². The van der Waals surface area contributed by atoms with E-state index >= 15 is 0 Å². The number of carboxylic acid groups (broad SMARTS) is 1. The van der Waals surface area contributed by atoms with Crippen LogP contribution in [-0.2, 0) is 14.8 Å². The van der Waals surface area contributed by atoms with Gasteiger partial charge in [0.2, 0.25) is 15.9 Å². The molecule has 7 nitrogen and oxygen atoms in total. The maximum absolute atomic E-state index is 12.0. The molecule has 0 unspecified atom stereocenters. The predicted octanol–water partition coefficient (Wildman–Crippen LogP) is -0.0730. The van der Waals surface area contributed by atoms with Crippen molar-refractivity contribution in [1.29, 1.82) is 0 Å². The summed E-state index contributed by atoms with van der Waals surface area (Å²) in [5.74, 6) is -2.03. The van der Waals surface area contributed by atoms with Gasteiger partial charge in [0.1, 0.15) is 0 Å². The Balaban J connectivity index is 2.04. The van der Waals surface area contributed by atoms with Gasteiger partial charge in [-0.15, -0.1) is 0 Å². The Hall–Kier alpha value is -1.93. The topological polar surface area (TPSA) is 127 Å². The molecule has 1 aromatic carbocycles. The molecule has 1 saturated carbocycles. The van der Waals surface area contributed by atoms with Gasteiger partial charge in [-0.2, -0.15) is 0 Å². The smallest absolute Gasteiger partial charge is 0.306 e. The van der Waals surface area contributed by atoms with Gasteiger partial charge in [0, 0.05) is 11.6 Å². The number of rotatable bonds is 5. The fourth-order valence-corrected chi connectivity index (χ4v) is 3.26. The van der Waals surface area contributed by atoms with E-state index in [0.29, 0.717) is 0 Å². The molecule has 0 atom stereocenters. The van der Waals surface area contributed by atoms with Gasteiger partial charge in [-0.25, -0.2) is 13.1 Å². The number of aliphatic carboxylic acids is 1. The monoisotopic (exact) mass is 298 g/mol. The van der Waals surface area contributed by atoms with Crippen molar-refractivity contribution < 1.29 is 23.1 Å². The molecule has 8 heteroatoms. The third kappa shape index (κ3) is 2.97. The van der Waals surface area contributed by atoms with Crippen LogP contribution in [0.15, 0.2) is 29.2 Å². The fraction of sp³-hybridized carbons (Fsp3) is 0.333. The molecule has 108 valence electrons. The van der Waals surface area contributed by atoms with E-state index in [4.69, 9.17) is 10.8 Å². The summed E-state index contributed by atoms with van der Waals surface area (Å²) in [6, 6.07) is 4.87. The average molecular weight is 298 g/mol. The first kappa shape index (κ1) is 14.5. The van der Waals surface area contributed by atoms with Crippen LogP contribution in [0.1, 0.15) is 23.2 Å². The van der Waals surface area contributed by atoms with E-state index in [-0.39, 0.29) is 29.3 Å². The summed E-state index contributed by atoms with van der Waals surface area (Å²) in [5.41, 5.74) is 5.29. The summed E-state index contributed by atoms with van der Waals surface area (Å²) in [4.78, 5) is 21.6. The van der Waals surface area contributed by atoms with Gasteiger partial charge in [-0.1, -0.05) is 0 Å². The molecular weight excluding hydrogens is 284 g/mol. The van der Waals surface area contributed by atoms with Gasteiger partial charge in [0.15, 0.2) is 0 Å². The number of hydrogen-bond acceptors (Lipinski definition) is 4. The molecular formula is C12H14N2O5S. The van der Waals surface area contributed by atoms with Crippen LogP contribution in [-0.4, -0.2) is 31.4 Å². The van der Waals surface area contributed by atoms with Crippen LogP contribution in [0.2, 0.25) is 0 Å². The molecule has 1 amide bonds. The van der Waals surface area contributed by atoms with Gasteiger partial charge in [0.05, 0.1) is 10.8 Å². The van der Waals surface area contributed by atoms with E-state index < -0.39 is 27.8 Å².